The Balaban J connectivity index is 1.77. The van der Waals surface area contributed by atoms with Gasteiger partial charge in [0.1, 0.15) is 5.82 Å². The summed E-state index contributed by atoms with van der Waals surface area (Å²) in [6, 6.07) is 14.0. The van der Waals surface area contributed by atoms with Gasteiger partial charge in [0.05, 0.1) is 0 Å². The van der Waals surface area contributed by atoms with Gasteiger partial charge < -0.3 is 0 Å². The number of fused-ring (bicyclic) bond motifs is 1. The molecule has 108 valence electrons. The lowest BCUT2D eigenvalue weighted by Gasteiger charge is -2.17. The van der Waals surface area contributed by atoms with Crippen LogP contribution < -0.4 is 0 Å². The normalized spacial score (nSPS) is 13.7. The lowest BCUT2D eigenvalue weighted by molar-refractivity contribution is 0.625. The fraction of sp³-hybridized carbons (Fsp3) is 0.300. The Labute approximate surface area is 126 Å². The minimum atomic E-state index is -0.134. The molecule has 2 aromatic carbocycles. The van der Waals surface area contributed by atoms with Gasteiger partial charge in [0.25, 0.3) is 0 Å². The Morgan fingerprint density at radius 3 is 2.57 bits per heavy atom. The minimum absolute atomic E-state index is 0.134. The summed E-state index contributed by atoms with van der Waals surface area (Å²) < 4.78 is 13.4. The van der Waals surface area contributed by atoms with Crippen LogP contribution in [0.1, 0.15) is 42.0 Å². The van der Waals surface area contributed by atoms with Gasteiger partial charge in [-0.1, -0.05) is 49.8 Å². The molecule has 1 aliphatic rings. The van der Waals surface area contributed by atoms with Crippen molar-refractivity contribution in [1.82, 2.24) is 0 Å². The van der Waals surface area contributed by atoms with Crippen molar-refractivity contribution in [2.24, 2.45) is 0 Å². The first-order chi connectivity index (χ1) is 10.3. The van der Waals surface area contributed by atoms with Crippen LogP contribution in [0.15, 0.2) is 48.5 Å². The van der Waals surface area contributed by atoms with Crippen LogP contribution >= 0.6 is 0 Å². The minimum Gasteiger partial charge on any atom is -0.207 e. The van der Waals surface area contributed by atoms with Crippen LogP contribution in [0.4, 0.5) is 4.39 Å². The van der Waals surface area contributed by atoms with Gasteiger partial charge in [0.15, 0.2) is 0 Å². The highest BCUT2D eigenvalue weighted by molar-refractivity contribution is 5.70. The van der Waals surface area contributed by atoms with E-state index in [4.69, 9.17) is 0 Å². The molecule has 0 nitrogen and oxygen atoms in total. The summed E-state index contributed by atoms with van der Waals surface area (Å²) in [5, 5.41) is 0. The van der Waals surface area contributed by atoms with Crippen LogP contribution in [0, 0.1) is 5.82 Å². The molecular weight excluding hydrogens is 259 g/mol. The van der Waals surface area contributed by atoms with E-state index in [0.29, 0.717) is 0 Å². The molecule has 3 rings (SSSR count). The quantitative estimate of drug-likeness (QED) is 0.708. The first-order valence-corrected chi connectivity index (χ1v) is 7.82. The second kappa shape index (κ2) is 6.26. The van der Waals surface area contributed by atoms with Crippen molar-refractivity contribution < 1.29 is 4.39 Å². The molecule has 0 heterocycles. The van der Waals surface area contributed by atoms with Crippen molar-refractivity contribution >= 4 is 5.57 Å². The highest BCUT2D eigenvalue weighted by Crippen LogP contribution is 2.28. The summed E-state index contributed by atoms with van der Waals surface area (Å²) in [6.07, 6.45) is 7.65. The van der Waals surface area contributed by atoms with Crippen molar-refractivity contribution in [2.75, 3.05) is 0 Å². The maximum Gasteiger partial charge on any atom is 0.123 e. The molecule has 0 radical (unpaired) electrons. The van der Waals surface area contributed by atoms with Gasteiger partial charge in [-0.15, -0.1) is 0 Å². The van der Waals surface area contributed by atoms with Gasteiger partial charge >= 0.3 is 0 Å². The lowest BCUT2D eigenvalue weighted by Crippen LogP contribution is -2.03. The van der Waals surface area contributed by atoms with E-state index in [2.05, 4.69) is 37.3 Å². The number of hydrogen-bond acceptors (Lipinski definition) is 0. The van der Waals surface area contributed by atoms with Crippen molar-refractivity contribution in [3.8, 4) is 0 Å². The predicted octanol–water partition coefficient (Wildman–Crippen LogP) is 5.35. The number of halogens is 1. The summed E-state index contributed by atoms with van der Waals surface area (Å²) in [5.74, 6) is -0.134. The number of aryl methyl sites for hydroxylation is 1. The molecule has 0 fully saturated rings. The van der Waals surface area contributed by atoms with E-state index in [1.165, 1.54) is 35.1 Å². The van der Waals surface area contributed by atoms with Crippen molar-refractivity contribution in [3.05, 3.63) is 76.6 Å². The van der Waals surface area contributed by atoms with E-state index in [1.807, 2.05) is 6.07 Å². The SMILES string of the molecule is CCCCc1ccc(C2=CCc3ccc(F)cc3C2)cc1. The fourth-order valence-corrected chi connectivity index (χ4v) is 2.96. The Kier molecular flexibility index (Phi) is 4.19. The number of benzene rings is 2. The number of hydrogen-bond donors (Lipinski definition) is 0. The van der Waals surface area contributed by atoms with Crippen LogP contribution in [0.3, 0.4) is 0 Å². The predicted molar refractivity (Wildman–Crippen MR) is 86.8 cm³/mol. The topological polar surface area (TPSA) is 0 Å². The summed E-state index contributed by atoms with van der Waals surface area (Å²) in [5.41, 5.74) is 6.37. The van der Waals surface area contributed by atoms with Gasteiger partial charge in [-0.3, -0.25) is 0 Å². The van der Waals surface area contributed by atoms with E-state index < -0.39 is 0 Å². The molecule has 21 heavy (non-hydrogen) atoms. The van der Waals surface area contributed by atoms with E-state index in [-0.39, 0.29) is 5.82 Å². The summed E-state index contributed by atoms with van der Waals surface area (Å²) >= 11 is 0. The van der Waals surface area contributed by atoms with Crippen LogP contribution in [-0.4, -0.2) is 0 Å². The molecule has 0 unspecified atom stereocenters. The Bertz CT molecular complexity index is 650. The van der Waals surface area contributed by atoms with Gasteiger partial charge in [-0.05, 0) is 65.6 Å². The Hall–Kier alpha value is -1.89. The third-order valence-corrected chi connectivity index (χ3v) is 4.26. The van der Waals surface area contributed by atoms with Crippen LogP contribution in [0.5, 0.6) is 0 Å². The molecule has 0 saturated heterocycles. The highest BCUT2D eigenvalue weighted by atomic mass is 19.1. The Morgan fingerprint density at radius 1 is 1.00 bits per heavy atom. The van der Waals surface area contributed by atoms with Crippen molar-refractivity contribution in [3.63, 3.8) is 0 Å². The number of allylic oxidation sites excluding steroid dienone is 2. The summed E-state index contributed by atoms with van der Waals surface area (Å²) in [7, 11) is 0. The molecule has 0 aromatic heterocycles. The van der Waals surface area contributed by atoms with Crippen molar-refractivity contribution in [2.45, 2.75) is 39.0 Å². The van der Waals surface area contributed by atoms with E-state index in [9.17, 15) is 4.39 Å². The van der Waals surface area contributed by atoms with Gasteiger partial charge in [0, 0.05) is 0 Å². The molecule has 1 heteroatoms. The zero-order valence-corrected chi connectivity index (χ0v) is 12.5. The smallest absolute Gasteiger partial charge is 0.123 e. The maximum atomic E-state index is 13.4. The molecule has 0 N–H and O–H groups in total. The first kappa shape index (κ1) is 14.1. The molecule has 0 spiro atoms. The van der Waals surface area contributed by atoms with E-state index in [1.54, 1.807) is 12.1 Å². The standard InChI is InChI=1S/C20H21F/c1-2-3-4-15-5-7-16(8-6-15)18-10-9-17-11-12-20(21)14-19(17)13-18/h5-8,10-12,14H,2-4,9,13H2,1H3. The molecule has 0 saturated carbocycles. The first-order valence-electron chi connectivity index (χ1n) is 7.82. The molecule has 0 aliphatic heterocycles. The Morgan fingerprint density at radius 2 is 1.81 bits per heavy atom. The molecule has 0 amide bonds. The molecule has 1 aliphatic carbocycles. The third-order valence-electron chi connectivity index (χ3n) is 4.26. The highest BCUT2D eigenvalue weighted by Gasteiger charge is 2.13. The van der Waals surface area contributed by atoms with Crippen LogP contribution in [0.2, 0.25) is 0 Å². The largest absolute Gasteiger partial charge is 0.207 e. The van der Waals surface area contributed by atoms with E-state index in [0.717, 1.165) is 24.8 Å². The maximum absolute atomic E-state index is 13.4. The average molecular weight is 280 g/mol. The van der Waals surface area contributed by atoms with Crippen LogP contribution in [0.25, 0.3) is 5.57 Å². The summed E-state index contributed by atoms with van der Waals surface area (Å²) in [4.78, 5) is 0. The zero-order chi connectivity index (χ0) is 14.7. The summed E-state index contributed by atoms with van der Waals surface area (Å²) in [6.45, 7) is 2.22. The van der Waals surface area contributed by atoms with Gasteiger partial charge in [0.2, 0.25) is 0 Å². The van der Waals surface area contributed by atoms with Crippen LogP contribution in [-0.2, 0) is 19.3 Å². The zero-order valence-electron chi connectivity index (χ0n) is 12.5. The van der Waals surface area contributed by atoms with Crippen molar-refractivity contribution in [1.29, 1.82) is 0 Å². The van der Waals surface area contributed by atoms with E-state index >= 15 is 0 Å². The molecular formula is C20H21F. The molecule has 0 atom stereocenters. The monoisotopic (exact) mass is 280 g/mol. The fourth-order valence-electron chi connectivity index (χ4n) is 2.96. The lowest BCUT2D eigenvalue weighted by atomic mass is 9.88. The number of unbranched alkanes of at least 4 members (excludes halogenated alkanes) is 1. The number of rotatable bonds is 4. The third kappa shape index (κ3) is 3.24. The second-order valence-corrected chi connectivity index (χ2v) is 5.82. The van der Waals surface area contributed by atoms with Gasteiger partial charge in [-0.25, -0.2) is 4.39 Å². The average Bonchev–Trinajstić information content (AvgIpc) is 2.52. The van der Waals surface area contributed by atoms with Gasteiger partial charge in [-0.2, -0.15) is 0 Å². The second-order valence-electron chi connectivity index (χ2n) is 5.82. The molecule has 0 bridgehead atoms. The molecule has 2 aromatic rings.